The molecule has 0 spiro atoms. The summed E-state index contributed by atoms with van der Waals surface area (Å²) in [5.41, 5.74) is 0. The lowest BCUT2D eigenvalue weighted by atomic mass is 10.1. The Balaban J connectivity index is 0.00000128. The molecule has 1 unspecified atom stereocenters. The summed E-state index contributed by atoms with van der Waals surface area (Å²) in [6, 6.07) is 6.18. The van der Waals surface area contributed by atoms with E-state index in [9.17, 15) is 4.39 Å². The van der Waals surface area contributed by atoms with Crippen LogP contribution >= 0.6 is 12.4 Å². The molecule has 0 radical (unpaired) electrons. The Morgan fingerprint density at radius 3 is 2.69 bits per heavy atom. The van der Waals surface area contributed by atoms with E-state index in [-0.39, 0.29) is 18.2 Å². The first-order valence-corrected chi connectivity index (χ1v) is 5.44. The molecule has 0 aliphatic carbocycles. The number of benzene rings is 1. The fraction of sp³-hybridized carbons (Fsp3) is 0.500. The molecule has 1 aliphatic heterocycles. The molecule has 1 fully saturated rings. The van der Waals surface area contributed by atoms with Crippen LogP contribution in [0.3, 0.4) is 0 Å². The van der Waals surface area contributed by atoms with Gasteiger partial charge in [0.15, 0.2) is 0 Å². The molecule has 0 aromatic heterocycles. The van der Waals surface area contributed by atoms with E-state index >= 15 is 0 Å². The molecule has 1 aromatic carbocycles. The van der Waals surface area contributed by atoms with E-state index in [1.165, 1.54) is 18.6 Å². The number of halogens is 2. The van der Waals surface area contributed by atoms with E-state index in [0.717, 1.165) is 37.8 Å². The lowest BCUT2D eigenvalue weighted by Gasteiger charge is -2.09. The van der Waals surface area contributed by atoms with Crippen molar-refractivity contribution in [2.24, 2.45) is 5.92 Å². The lowest BCUT2D eigenvalue weighted by Crippen LogP contribution is -2.11. The third-order valence-electron chi connectivity index (χ3n) is 2.77. The molecule has 4 heteroatoms. The highest BCUT2D eigenvalue weighted by molar-refractivity contribution is 5.85. The molecule has 0 bridgehead atoms. The average molecular weight is 246 g/mol. The zero-order valence-corrected chi connectivity index (χ0v) is 9.93. The summed E-state index contributed by atoms with van der Waals surface area (Å²) >= 11 is 0. The van der Waals surface area contributed by atoms with Crippen molar-refractivity contribution >= 4 is 12.4 Å². The van der Waals surface area contributed by atoms with Crippen LogP contribution in [0.2, 0.25) is 0 Å². The lowest BCUT2D eigenvalue weighted by molar-refractivity contribution is 0.283. The smallest absolute Gasteiger partial charge is 0.123 e. The third kappa shape index (κ3) is 3.99. The van der Waals surface area contributed by atoms with Crippen molar-refractivity contribution in [2.45, 2.75) is 12.8 Å². The fourth-order valence-electron chi connectivity index (χ4n) is 1.84. The molecular weight excluding hydrogens is 229 g/mol. The second-order valence-electron chi connectivity index (χ2n) is 3.95. The molecule has 0 saturated carbocycles. The predicted molar refractivity (Wildman–Crippen MR) is 64.7 cm³/mol. The van der Waals surface area contributed by atoms with Crippen LogP contribution in [0.5, 0.6) is 5.75 Å². The van der Waals surface area contributed by atoms with Gasteiger partial charge in [-0.25, -0.2) is 4.39 Å². The van der Waals surface area contributed by atoms with E-state index in [4.69, 9.17) is 4.74 Å². The molecule has 1 heterocycles. The molecule has 90 valence electrons. The van der Waals surface area contributed by atoms with Gasteiger partial charge in [0.1, 0.15) is 11.6 Å². The van der Waals surface area contributed by atoms with E-state index in [1.54, 1.807) is 12.1 Å². The number of nitrogens with one attached hydrogen (secondary N) is 1. The van der Waals surface area contributed by atoms with Gasteiger partial charge in [0.05, 0.1) is 6.61 Å². The number of hydrogen-bond acceptors (Lipinski definition) is 2. The summed E-state index contributed by atoms with van der Waals surface area (Å²) < 4.78 is 18.1. The van der Waals surface area contributed by atoms with Gasteiger partial charge < -0.3 is 10.1 Å². The standard InChI is InChI=1S/C12H16FNO.ClH/c13-11-1-3-12(4-2-11)15-8-6-10-5-7-14-9-10;/h1-4,10,14H,5-9H2;1H. The first-order valence-electron chi connectivity index (χ1n) is 5.44. The van der Waals surface area contributed by atoms with Crippen molar-refractivity contribution in [1.82, 2.24) is 5.32 Å². The second kappa shape index (κ2) is 6.71. The normalized spacial score (nSPS) is 19.2. The Kier molecular flexibility index (Phi) is 5.56. The van der Waals surface area contributed by atoms with Crippen LogP contribution in [0.15, 0.2) is 24.3 Å². The molecule has 0 amide bonds. The summed E-state index contributed by atoms with van der Waals surface area (Å²) in [6.07, 6.45) is 2.32. The zero-order chi connectivity index (χ0) is 10.5. The van der Waals surface area contributed by atoms with Gasteiger partial charge in [0.2, 0.25) is 0 Å². The summed E-state index contributed by atoms with van der Waals surface area (Å²) in [7, 11) is 0. The van der Waals surface area contributed by atoms with Crippen LogP contribution in [-0.4, -0.2) is 19.7 Å². The van der Waals surface area contributed by atoms with Crippen LogP contribution in [0, 0.1) is 11.7 Å². The summed E-state index contributed by atoms with van der Waals surface area (Å²) in [5, 5.41) is 3.32. The van der Waals surface area contributed by atoms with Crippen molar-refractivity contribution in [3.05, 3.63) is 30.1 Å². The average Bonchev–Trinajstić information content (AvgIpc) is 2.74. The largest absolute Gasteiger partial charge is 0.494 e. The molecule has 1 saturated heterocycles. The molecule has 1 N–H and O–H groups in total. The maximum absolute atomic E-state index is 12.6. The maximum Gasteiger partial charge on any atom is 0.123 e. The van der Waals surface area contributed by atoms with Gasteiger partial charge in [-0.15, -0.1) is 12.4 Å². The van der Waals surface area contributed by atoms with Crippen molar-refractivity contribution in [3.8, 4) is 5.75 Å². The number of hydrogen-bond donors (Lipinski definition) is 1. The quantitative estimate of drug-likeness (QED) is 0.881. The summed E-state index contributed by atoms with van der Waals surface area (Å²) in [5.74, 6) is 1.27. The fourth-order valence-corrected chi connectivity index (χ4v) is 1.84. The SMILES string of the molecule is Cl.Fc1ccc(OCCC2CCNC2)cc1. The molecule has 1 aliphatic rings. The zero-order valence-electron chi connectivity index (χ0n) is 9.12. The monoisotopic (exact) mass is 245 g/mol. The Morgan fingerprint density at radius 2 is 2.06 bits per heavy atom. The Labute approximate surface area is 102 Å². The van der Waals surface area contributed by atoms with Crippen molar-refractivity contribution in [1.29, 1.82) is 0 Å². The highest BCUT2D eigenvalue weighted by atomic mass is 35.5. The maximum atomic E-state index is 12.6. The Hall–Kier alpha value is -0.800. The van der Waals surface area contributed by atoms with Crippen molar-refractivity contribution < 1.29 is 9.13 Å². The van der Waals surface area contributed by atoms with Crippen LogP contribution in [0.25, 0.3) is 0 Å². The van der Waals surface area contributed by atoms with Crippen LogP contribution in [0.4, 0.5) is 4.39 Å². The first-order chi connectivity index (χ1) is 7.34. The van der Waals surface area contributed by atoms with Gasteiger partial charge in [0, 0.05) is 0 Å². The number of rotatable bonds is 4. The van der Waals surface area contributed by atoms with Crippen LogP contribution in [0.1, 0.15) is 12.8 Å². The molecule has 1 aromatic rings. The topological polar surface area (TPSA) is 21.3 Å². The minimum atomic E-state index is -0.220. The highest BCUT2D eigenvalue weighted by Gasteiger charge is 2.13. The Morgan fingerprint density at radius 1 is 1.31 bits per heavy atom. The molecule has 2 nitrogen and oxygen atoms in total. The van der Waals surface area contributed by atoms with E-state index in [0.29, 0.717) is 0 Å². The van der Waals surface area contributed by atoms with Crippen molar-refractivity contribution in [2.75, 3.05) is 19.7 Å². The van der Waals surface area contributed by atoms with Crippen LogP contribution in [-0.2, 0) is 0 Å². The van der Waals surface area contributed by atoms with E-state index in [2.05, 4.69) is 5.32 Å². The van der Waals surface area contributed by atoms with Gasteiger partial charge in [-0.2, -0.15) is 0 Å². The predicted octanol–water partition coefficient (Wildman–Crippen LogP) is 2.63. The van der Waals surface area contributed by atoms with E-state index < -0.39 is 0 Å². The van der Waals surface area contributed by atoms with Crippen LogP contribution < -0.4 is 10.1 Å². The summed E-state index contributed by atoms with van der Waals surface area (Å²) in [6.45, 7) is 2.95. The summed E-state index contributed by atoms with van der Waals surface area (Å²) in [4.78, 5) is 0. The van der Waals surface area contributed by atoms with Gasteiger partial charge in [-0.05, 0) is 56.1 Å². The highest BCUT2D eigenvalue weighted by Crippen LogP contribution is 2.15. The number of ether oxygens (including phenoxy) is 1. The first kappa shape index (κ1) is 13.3. The van der Waals surface area contributed by atoms with Gasteiger partial charge in [0.25, 0.3) is 0 Å². The van der Waals surface area contributed by atoms with E-state index in [1.807, 2.05) is 0 Å². The molecule has 1 atom stereocenters. The Bertz CT molecular complexity index is 298. The second-order valence-corrected chi connectivity index (χ2v) is 3.95. The minimum Gasteiger partial charge on any atom is -0.494 e. The minimum absolute atomic E-state index is 0. The molecular formula is C12H17ClFNO. The van der Waals surface area contributed by atoms with Crippen molar-refractivity contribution in [3.63, 3.8) is 0 Å². The molecule has 2 rings (SSSR count). The van der Waals surface area contributed by atoms with Gasteiger partial charge in [-0.3, -0.25) is 0 Å². The third-order valence-corrected chi connectivity index (χ3v) is 2.77. The molecule has 16 heavy (non-hydrogen) atoms. The van der Waals surface area contributed by atoms with Gasteiger partial charge in [-0.1, -0.05) is 0 Å². The van der Waals surface area contributed by atoms with Gasteiger partial charge >= 0.3 is 0 Å².